The van der Waals surface area contributed by atoms with Gasteiger partial charge in [0.15, 0.2) is 0 Å². The molecule has 2 bridgehead atoms. The van der Waals surface area contributed by atoms with Crippen molar-refractivity contribution in [2.45, 2.75) is 70.8 Å². The standard InChI is InChI=1S/C23H29NO3/c1-17(18-12-8-7-9-13-18)24-20-15-11-6-4-2-3-5-10-14-19-16-21(25)22(20)23(26)27-19/h7-9,12-13,16-17,25H,2-6,10-11,14-15H2,1H3/t17-/m1/s1. The molecule has 0 spiro atoms. The quantitative estimate of drug-likeness (QED) is 0.754. The number of nitrogens with zero attached hydrogens (tertiary/aromatic N) is 1. The number of benzene rings is 1. The Morgan fingerprint density at radius 1 is 0.963 bits per heavy atom. The Hall–Kier alpha value is -2.36. The first kappa shape index (κ1) is 19.4. The van der Waals surface area contributed by atoms with E-state index in [4.69, 9.17) is 9.41 Å². The van der Waals surface area contributed by atoms with Crippen molar-refractivity contribution in [2.24, 2.45) is 4.99 Å². The molecule has 1 atom stereocenters. The van der Waals surface area contributed by atoms with Gasteiger partial charge in [-0.2, -0.15) is 0 Å². The smallest absolute Gasteiger partial charge is 0.348 e. The molecule has 0 fully saturated rings. The third kappa shape index (κ3) is 5.31. The highest BCUT2D eigenvalue weighted by Gasteiger charge is 2.19. The minimum absolute atomic E-state index is 0.00248. The highest BCUT2D eigenvalue weighted by Crippen LogP contribution is 2.24. The van der Waals surface area contributed by atoms with Crippen LogP contribution < -0.4 is 5.63 Å². The summed E-state index contributed by atoms with van der Waals surface area (Å²) in [4.78, 5) is 17.4. The van der Waals surface area contributed by atoms with Crippen molar-refractivity contribution >= 4 is 5.71 Å². The van der Waals surface area contributed by atoms with Crippen LogP contribution in [0.5, 0.6) is 5.75 Å². The molecule has 2 heterocycles. The molecule has 0 unspecified atom stereocenters. The van der Waals surface area contributed by atoms with Crippen molar-refractivity contribution in [1.82, 2.24) is 0 Å². The van der Waals surface area contributed by atoms with Crippen molar-refractivity contribution in [3.8, 4) is 5.75 Å². The molecular formula is C23H29NO3. The van der Waals surface area contributed by atoms with Crippen LogP contribution in [0.25, 0.3) is 0 Å². The topological polar surface area (TPSA) is 62.8 Å². The fourth-order valence-electron chi connectivity index (χ4n) is 3.69. The Kier molecular flexibility index (Phi) is 6.86. The number of aryl methyl sites for hydroxylation is 1. The molecule has 0 saturated carbocycles. The maximum atomic E-state index is 12.6. The van der Waals surface area contributed by atoms with Crippen molar-refractivity contribution in [3.63, 3.8) is 0 Å². The minimum atomic E-state index is -0.471. The SMILES string of the molecule is C[C@@H](N=C1CCCCCCCCCc2cc(O)c1c(=O)o2)c1ccccc1. The lowest BCUT2D eigenvalue weighted by Crippen LogP contribution is -2.17. The Bertz CT molecular complexity index is 823. The molecule has 27 heavy (non-hydrogen) atoms. The molecule has 2 aliphatic rings. The molecule has 1 aliphatic heterocycles. The molecule has 4 nitrogen and oxygen atoms in total. The fraction of sp³-hybridized carbons (Fsp3) is 0.478. The number of rotatable bonds is 2. The van der Waals surface area contributed by atoms with E-state index in [0.29, 0.717) is 24.3 Å². The van der Waals surface area contributed by atoms with Crippen LogP contribution in [-0.4, -0.2) is 10.8 Å². The monoisotopic (exact) mass is 367 g/mol. The van der Waals surface area contributed by atoms with Gasteiger partial charge in [-0.3, -0.25) is 4.99 Å². The number of aromatic hydroxyl groups is 1. The summed E-state index contributed by atoms with van der Waals surface area (Å²) in [5.74, 6) is 0.561. The fourth-order valence-corrected chi connectivity index (χ4v) is 3.69. The van der Waals surface area contributed by atoms with Crippen LogP contribution in [0.15, 0.2) is 50.6 Å². The number of fused-ring (bicyclic) bond motifs is 11. The lowest BCUT2D eigenvalue weighted by Gasteiger charge is -2.14. The van der Waals surface area contributed by atoms with Gasteiger partial charge in [-0.25, -0.2) is 4.79 Å². The average molecular weight is 367 g/mol. The van der Waals surface area contributed by atoms with Gasteiger partial charge in [0.1, 0.15) is 17.1 Å². The Morgan fingerprint density at radius 3 is 2.26 bits per heavy atom. The van der Waals surface area contributed by atoms with Gasteiger partial charge >= 0.3 is 5.63 Å². The van der Waals surface area contributed by atoms with Crippen LogP contribution in [-0.2, 0) is 6.42 Å². The molecular weight excluding hydrogens is 338 g/mol. The predicted molar refractivity (Wildman–Crippen MR) is 109 cm³/mol. The van der Waals surface area contributed by atoms with E-state index in [2.05, 4.69) is 0 Å². The van der Waals surface area contributed by atoms with Gasteiger partial charge in [0.05, 0.1) is 11.8 Å². The second-order valence-electron chi connectivity index (χ2n) is 7.40. The summed E-state index contributed by atoms with van der Waals surface area (Å²) in [5, 5.41) is 10.6. The third-order valence-corrected chi connectivity index (χ3v) is 5.24. The van der Waals surface area contributed by atoms with E-state index in [0.717, 1.165) is 31.2 Å². The van der Waals surface area contributed by atoms with Crippen molar-refractivity contribution in [1.29, 1.82) is 0 Å². The van der Waals surface area contributed by atoms with Gasteiger partial charge in [-0.1, -0.05) is 62.4 Å². The molecule has 1 aromatic heterocycles. The lowest BCUT2D eigenvalue weighted by molar-refractivity contribution is 0.415. The van der Waals surface area contributed by atoms with Crippen LogP contribution in [0.2, 0.25) is 0 Å². The van der Waals surface area contributed by atoms with Gasteiger partial charge in [-0.05, 0) is 31.7 Å². The molecule has 4 rings (SSSR count). The predicted octanol–water partition coefficient (Wildman–Crippen LogP) is 5.57. The van der Waals surface area contributed by atoms with E-state index in [1.54, 1.807) is 6.07 Å². The van der Waals surface area contributed by atoms with Crippen molar-refractivity contribution in [2.75, 3.05) is 0 Å². The summed E-state index contributed by atoms with van der Waals surface area (Å²) in [5.41, 5.74) is 1.51. The van der Waals surface area contributed by atoms with Gasteiger partial charge < -0.3 is 9.52 Å². The first-order chi connectivity index (χ1) is 13.1. The molecule has 1 N–H and O–H groups in total. The molecule has 144 valence electrons. The molecule has 4 heteroatoms. The first-order valence-corrected chi connectivity index (χ1v) is 10.1. The Balaban J connectivity index is 1.97. The van der Waals surface area contributed by atoms with Crippen LogP contribution in [0.4, 0.5) is 0 Å². The van der Waals surface area contributed by atoms with E-state index < -0.39 is 5.63 Å². The summed E-state index contributed by atoms with van der Waals surface area (Å²) in [6.07, 6.45) is 9.22. The zero-order valence-electron chi connectivity index (χ0n) is 16.1. The van der Waals surface area contributed by atoms with Gasteiger partial charge in [0, 0.05) is 12.5 Å². The largest absolute Gasteiger partial charge is 0.507 e. The number of hydrogen-bond donors (Lipinski definition) is 1. The van der Waals surface area contributed by atoms with Gasteiger partial charge in [0.25, 0.3) is 0 Å². The van der Waals surface area contributed by atoms with E-state index >= 15 is 0 Å². The minimum Gasteiger partial charge on any atom is -0.507 e. The van der Waals surface area contributed by atoms with Gasteiger partial charge in [0.2, 0.25) is 0 Å². The number of aliphatic imine (C=N–C) groups is 1. The molecule has 2 aromatic rings. The highest BCUT2D eigenvalue weighted by molar-refractivity contribution is 6.02. The Labute approximate surface area is 161 Å². The van der Waals surface area contributed by atoms with Crippen LogP contribution in [0.1, 0.15) is 81.2 Å². The van der Waals surface area contributed by atoms with Crippen LogP contribution in [0, 0.1) is 0 Å². The maximum absolute atomic E-state index is 12.6. The normalized spacial score (nSPS) is 18.9. The van der Waals surface area contributed by atoms with E-state index in [1.165, 1.54) is 19.3 Å². The van der Waals surface area contributed by atoms with E-state index in [1.807, 2.05) is 37.3 Å². The average Bonchev–Trinajstić information content (AvgIpc) is 2.66. The van der Waals surface area contributed by atoms with Gasteiger partial charge in [-0.15, -0.1) is 0 Å². The second-order valence-corrected chi connectivity index (χ2v) is 7.40. The summed E-state index contributed by atoms with van der Waals surface area (Å²) >= 11 is 0. The zero-order valence-corrected chi connectivity index (χ0v) is 16.1. The van der Waals surface area contributed by atoms with Crippen LogP contribution in [0.3, 0.4) is 0 Å². The van der Waals surface area contributed by atoms with Crippen molar-refractivity contribution < 1.29 is 9.52 Å². The number of hydrogen-bond acceptors (Lipinski definition) is 4. The third-order valence-electron chi connectivity index (χ3n) is 5.24. The highest BCUT2D eigenvalue weighted by atomic mass is 16.4. The van der Waals surface area contributed by atoms with Crippen molar-refractivity contribution in [3.05, 3.63) is 63.7 Å². The van der Waals surface area contributed by atoms with E-state index in [-0.39, 0.29) is 17.4 Å². The summed E-state index contributed by atoms with van der Waals surface area (Å²) in [6, 6.07) is 11.5. The zero-order chi connectivity index (χ0) is 19.1. The molecule has 0 radical (unpaired) electrons. The first-order valence-electron chi connectivity index (χ1n) is 10.1. The summed E-state index contributed by atoms with van der Waals surface area (Å²) in [7, 11) is 0. The maximum Gasteiger partial charge on any atom is 0.348 e. The Morgan fingerprint density at radius 2 is 1.59 bits per heavy atom. The molecule has 1 aromatic carbocycles. The molecule has 1 aliphatic carbocycles. The lowest BCUT2D eigenvalue weighted by atomic mass is 10.00. The summed E-state index contributed by atoms with van der Waals surface area (Å²) < 4.78 is 5.51. The second kappa shape index (κ2) is 9.54. The van der Waals surface area contributed by atoms with Crippen LogP contribution >= 0.6 is 0 Å². The summed E-state index contributed by atoms with van der Waals surface area (Å²) in [6.45, 7) is 2.01. The molecule has 0 amide bonds. The van der Waals surface area contributed by atoms with E-state index in [9.17, 15) is 9.90 Å². The molecule has 0 saturated heterocycles.